The molecule has 6 heteroatoms. The highest BCUT2D eigenvalue weighted by Gasteiger charge is 2.02. The maximum absolute atomic E-state index is 10.4. The van der Waals surface area contributed by atoms with E-state index in [9.17, 15) is 4.79 Å². The first kappa shape index (κ1) is 11.1. The van der Waals surface area contributed by atoms with Crippen molar-refractivity contribution in [3.8, 4) is 0 Å². The largest absolute Gasteiger partial charge is 0.280 e. The Kier molecular flexibility index (Phi) is 4.32. The molecule has 0 amide bonds. The maximum Gasteiger partial charge on any atom is 0.231 e. The highest BCUT2D eigenvalue weighted by atomic mass is 35.5. The zero-order valence-electron chi connectivity index (χ0n) is 6.26. The Labute approximate surface area is 94.6 Å². The Balaban J connectivity index is 2.71. The molecule has 0 radical (unpaired) electrons. The number of carbonyl (C=O) groups excluding carboxylic acids is 1. The molecule has 0 aliphatic rings. The van der Waals surface area contributed by atoms with Crippen LogP contribution in [0, 0.1) is 0 Å². The lowest BCUT2D eigenvalue weighted by atomic mass is 10.5. The van der Waals surface area contributed by atoms with Gasteiger partial charge in [-0.3, -0.25) is 4.79 Å². The zero-order valence-corrected chi connectivity index (χ0v) is 9.34. The Hall–Kier alpha value is 0.0400. The van der Waals surface area contributed by atoms with E-state index in [1.165, 1.54) is 11.8 Å². The number of rotatable bonds is 3. The summed E-state index contributed by atoms with van der Waals surface area (Å²) in [6.07, 6.45) is 0. The van der Waals surface area contributed by atoms with Gasteiger partial charge in [-0.25, -0.2) is 4.98 Å². The average Bonchev–Trinajstić information content (AvgIpc) is 1.99. The summed E-state index contributed by atoms with van der Waals surface area (Å²) >= 11 is 17.7. The summed E-state index contributed by atoms with van der Waals surface area (Å²) in [5.41, 5.74) is 0. The van der Waals surface area contributed by atoms with E-state index in [0.717, 1.165) is 4.90 Å². The molecule has 2 nitrogen and oxygen atoms in total. The fourth-order valence-electron chi connectivity index (χ4n) is 0.666. The highest BCUT2D eigenvalue weighted by molar-refractivity contribution is 8.00. The Morgan fingerprint density at radius 3 is 2.38 bits per heavy atom. The quantitative estimate of drug-likeness (QED) is 0.472. The van der Waals surface area contributed by atoms with Crippen molar-refractivity contribution in [2.24, 2.45) is 0 Å². The number of halogens is 3. The lowest BCUT2D eigenvalue weighted by Gasteiger charge is -1.99. The third-order valence-electron chi connectivity index (χ3n) is 1.09. The molecule has 0 atom stereocenters. The number of aromatic nitrogens is 1. The van der Waals surface area contributed by atoms with Crippen molar-refractivity contribution < 1.29 is 4.79 Å². The van der Waals surface area contributed by atoms with Crippen molar-refractivity contribution in [3.05, 3.63) is 22.4 Å². The molecule has 13 heavy (non-hydrogen) atoms. The third kappa shape index (κ3) is 4.18. The van der Waals surface area contributed by atoms with E-state index in [2.05, 4.69) is 4.98 Å². The molecule has 0 aliphatic heterocycles. The molecule has 0 aromatic carbocycles. The number of thioether (sulfide) groups is 1. The van der Waals surface area contributed by atoms with Crippen molar-refractivity contribution in [1.82, 2.24) is 4.98 Å². The first-order valence-corrected chi connectivity index (χ1v) is 5.34. The summed E-state index contributed by atoms with van der Waals surface area (Å²) < 4.78 is 0. The predicted octanol–water partition coefficient (Wildman–Crippen LogP) is 3.25. The molecule has 0 unspecified atom stereocenters. The average molecular weight is 257 g/mol. The van der Waals surface area contributed by atoms with E-state index in [4.69, 9.17) is 34.8 Å². The molecule has 1 heterocycles. The van der Waals surface area contributed by atoms with E-state index < -0.39 is 5.24 Å². The van der Waals surface area contributed by atoms with Crippen LogP contribution in [0.15, 0.2) is 17.0 Å². The molecule has 1 aromatic rings. The summed E-state index contributed by atoms with van der Waals surface area (Å²) in [5, 5.41) is 0.197. The van der Waals surface area contributed by atoms with Crippen LogP contribution in [-0.4, -0.2) is 16.0 Å². The standard InChI is InChI=1S/C7H4Cl3NOS/c8-5-1-4(2-6(9)11-5)13-3-7(10)12/h1-2H,3H2. The first-order chi connectivity index (χ1) is 6.08. The van der Waals surface area contributed by atoms with Gasteiger partial charge in [-0.15, -0.1) is 11.8 Å². The van der Waals surface area contributed by atoms with Crippen LogP contribution >= 0.6 is 46.6 Å². The molecular weight excluding hydrogens is 253 g/mol. The smallest absolute Gasteiger partial charge is 0.231 e. The maximum atomic E-state index is 10.4. The van der Waals surface area contributed by atoms with Gasteiger partial charge in [0, 0.05) is 4.90 Å². The van der Waals surface area contributed by atoms with Crippen LogP contribution in [0.25, 0.3) is 0 Å². The normalized spacial score (nSPS) is 10.1. The van der Waals surface area contributed by atoms with Crippen molar-refractivity contribution in [2.75, 3.05) is 5.75 Å². The third-order valence-corrected chi connectivity index (χ3v) is 2.74. The first-order valence-electron chi connectivity index (χ1n) is 3.22. The summed E-state index contributed by atoms with van der Waals surface area (Å²) in [5.74, 6) is 0.193. The van der Waals surface area contributed by atoms with Gasteiger partial charge >= 0.3 is 0 Å². The van der Waals surface area contributed by atoms with Crippen LogP contribution < -0.4 is 0 Å². The van der Waals surface area contributed by atoms with Crippen LogP contribution in [0.3, 0.4) is 0 Å². The number of nitrogens with zero attached hydrogens (tertiary/aromatic N) is 1. The minimum atomic E-state index is -0.408. The lowest BCUT2D eigenvalue weighted by molar-refractivity contribution is -0.109. The summed E-state index contributed by atoms with van der Waals surface area (Å²) in [6.45, 7) is 0. The second-order valence-electron chi connectivity index (χ2n) is 2.09. The Morgan fingerprint density at radius 1 is 1.38 bits per heavy atom. The topological polar surface area (TPSA) is 30.0 Å². The number of hydrogen-bond acceptors (Lipinski definition) is 3. The molecule has 1 rings (SSSR count). The minimum absolute atomic E-state index is 0.193. The molecule has 0 saturated carbocycles. The van der Waals surface area contributed by atoms with Gasteiger partial charge in [0.2, 0.25) is 5.24 Å². The fraction of sp³-hybridized carbons (Fsp3) is 0.143. The van der Waals surface area contributed by atoms with Crippen molar-refractivity contribution >= 4 is 51.8 Å². The molecule has 0 N–H and O–H groups in total. The van der Waals surface area contributed by atoms with Crippen LogP contribution in [0.5, 0.6) is 0 Å². The van der Waals surface area contributed by atoms with Crippen molar-refractivity contribution in [3.63, 3.8) is 0 Å². The molecule has 70 valence electrons. The van der Waals surface area contributed by atoms with Gasteiger partial charge in [-0.05, 0) is 23.7 Å². The molecule has 0 bridgehead atoms. The number of pyridine rings is 1. The van der Waals surface area contributed by atoms with Crippen LogP contribution in [-0.2, 0) is 4.79 Å². The summed E-state index contributed by atoms with van der Waals surface area (Å²) in [6, 6.07) is 3.25. The van der Waals surface area contributed by atoms with Crippen LogP contribution in [0.1, 0.15) is 0 Å². The van der Waals surface area contributed by atoms with Gasteiger partial charge in [0.05, 0.1) is 5.75 Å². The molecule has 0 saturated heterocycles. The van der Waals surface area contributed by atoms with Gasteiger partial charge in [0.25, 0.3) is 0 Å². The highest BCUT2D eigenvalue weighted by Crippen LogP contribution is 2.24. The predicted molar refractivity (Wildman–Crippen MR) is 55.8 cm³/mol. The Bertz CT molecular complexity index is 311. The van der Waals surface area contributed by atoms with Gasteiger partial charge in [0.1, 0.15) is 10.3 Å². The molecule has 1 aromatic heterocycles. The summed E-state index contributed by atoms with van der Waals surface area (Å²) in [4.78, 5) is 15.0. The van der Waals surface area contributed by atoms with E-state index in [-0.39, 0.29) is 5.75 Å². The molecule has 0 aliphatic carbocycles. The van der Waals surface area contributed by atoms with E-state index in [1.54, 1.807) is 12.1 Å². The van der Waals surface area contributed by atoms with Crippen molar-refractivity contribution in [1.29, 1.82) is 0 Å². The van der Waals surface area contributed by atoms with Crippen LogP contribution in [0.4, 0.5) is 0 Å². The second kappa shape index (κ2) is 5.05. The number of carbonyl (C=O) groups is 1. The monoisotopic (exact) mass is 255 g/mol. The lowest BCUT2D eigenvalue weighted by Crippen LogP contribution is -1.89. The molecule has 0 fully saturated rings. The number of hydrogen-bond donors (Lipinski definition) is 0. The molecule has 0 spiro atoms. The van der Waals surface area contributed by atoms with Crippen molar-refractivity contribution in [2.45, 2.75) is 4.90 Å². The minimum Gasteiger partial charge on any atom is -0.280 e. The van der Waals surface area contributed by atoms with E-state index >= 15 is 0 Å². The zero-order chi connectivity index (χ0) is 9.84. The van der Waals surface area contributed by atoms with Gasteiger partial charge in [-0.1, -0.05) is 23.2 Å². The SMILES string of the molecule is O=C(Cl)CSc1cc(Cl)nc(Cl)c1. The second-order valence-corrected chi connectivity index (χ2v) is 4.34. The fourth-order valence-corrected chi connectivity index (χ4v) is 2.09. The molecular formula is C7H4Cl3NOS. The van der Waals surface area contributed by atoms with Gasteiger partial charge < -0.3 is 0 Å². The van der Waals surface area contributed by atoms with Crippen LogP contribution in [0.2, 0.25) is 10.3 Å². The van der Waals surface area contributed by atoms with Gasteiger partial charge in [0.15, 0.2) is 0 Å². The Morgan fingerprint density at radius 2 is 1.92 bits per heavy atom. The van der Waals surface area contributed by atoms with E-state index in [1.807, 2.05) is 0 Å². The summed E-state index contributed by atoms with van der Waals surface area (Å²) in [7, 11) is 0. The van der Waals surface area contributed by atoms with E-state index in [0.29, 0.717) is 10.3 Å². The van der Waals surface area contributed by atoms with Gasteiger partial charge in [-0.2, -0.15) is 0 Å².